The van der Waals surface area contributed by atoms with E-state index in [9.17, 15) is 0 Å². The number of fused-ring (bicyclic) bond motifs is 1. The van der Waals surface area contributed by atoms with Gasteiger partial charge in [-0.25, -0.2) is 0 Å². The molecule has 1 heterocycles. The van der Waals surface area contributed by atoms with E-state index in [1.165, 1.54) is 18.2 Å². The molecule has 0 aliphatic heterocycles. The fourth-order valence-electron chi connectivity index (χ4n) is 1.59. The summed E-state index contributed by atoms with van der Waals surface area (Å²) in [4.78, 5) is 4.58. The normalized spacial score (nSPS) is 16.3. The predicted octanol–water partition coefficient (Wildman–Crippen LogP) is 2.91. The zero-order valence-corrected chi connectivity index (χ0v) is 7.33. The van der Waals surface area contributed by atoms with Gasteiger partial charge in [-0.15, -0.1) is 0 Å². The first-order chi connectivity index (χ1) is 6.43. The van der Waals surface area contributed by atoms with Crippen LogP contribution in [0.1, 0.15) is 24.5 Å². The van der Waals surface area contributed by atoms with Gasteiger partial charge < -0.3 is 0 Å². The van der Waals surface area contributed by atoms with E-state index in [1.54, 1.807) is 0 Å². The Hall–Kier alpha value is -1.37. The molecule has 0 saturated heterocycles. The first-order valence-electron chi connectivity index (χ1n) is 4.71. The SMILES string of the molecule is [c]1cc2ccccc2nc1C1CC1. The molecular weight excluding hydrogens is 158 g/mol. The van der Waals surface area contributed by atoms with E-state index in [0.717, 1.165) is 11.2 Å². The van der Waals surface area contributed by atoms with Crippen molar-refractivity contribution in [2.45, 2.75) is 18.8 Å². The highest BCUT2D eigenvalue weighted by molar-refractivity contribution is 5.78. The molecule has 1 fully saturated rings. The van der Waals surface area contributed by atoms with Crippen LogP contribution in [0.3, 0.4) is 0 Å². The Kier molecular flexibility index (Phi) is 1.39. The summed E-state index contributed by atoms with van der Waals surface area (Å²) in [5, 5.41) is 1.19. The van der Waals surface area contributed by atoms with Crippen molar-refractivity contribution >= 4 is 10.9 Å². The summed E-state index contributed by atoms with van der Waals surface area (Å²) in [5.74, 6) is 0.699. The highest BCUT2D eigenvalue weighted by atomic mass is 14.7. The van der Waals surface area contributed by atoms with Crippen LogP contribution in [0.25, 0.3) is 10.9 Å². The van der Waals surface area contributed by atoms with E-state index in [4.69, 9.17) is 0 Å². The number of para-hydroxylation sites is 1. The lowest BCUT2D eigenvalue weighted by atomic mass is 10.2. The van der Waals surface area contributed by atoms with Gasteiger partial charge in [0.1, 0.15) is 0 Å². The summed E-state index contributed by atoms with van der Waals surface area (Å²) in [6.45, 7) is 0. The van der Waals surface area contributed by atoms with Crippen LogP contribution in [-0.2, 0) is 0 Å². The average Bonchev–Trinajstić information content (AvgIpc) is 3.00. The lowest BCUT2D eigenvalue weighted by molar-refractivity contribution is 1.04. The molecule has 1 radical (unpaired) electrons. The molecule has 0 bridgehead atoms. The molecule has 0 spiro atoms. The van der Waals surface area contributed by atoms with Gasteiger partial charge in [0, 0.05) is 17.4 Å². The second-order valence-corrected chi connectivity index (χ2v) is 3.62. The summed E-state index contributed by atoms with van der Waals surface area (Å²) in [5.41, 5.74) is 2.25. The van der Waals surface area contributed by atoms with Gasteiger partial charge in [-0.3, -0.25) is 4.98 Å². The Bertz CT molecular complexity index is 444. The molecule has 63 valence electrons. The van der Waals surface area contributed by atoms with Gasteiger partial charge >= 0.3 is 0 Å². The van der Waals surface area contributed by atoms with E-state index < -0.39 is 0 Å². The lowest BCUT2D eigenvalue weighted by Gasteiger charge is -1.99. The summed E-state index contributed by atoms with van der Waals surface area (Å²) in [6, 6.07) is 13.5. The number of rotatable bonds is 1. The third-order valence-corrected chi connectivity index (χ3v) is 2.52. The molecule has 0 unspecified atom stereocenters. The van der Waals surface area contributed by atoms with E-state index >= 15 is 0 Å². The van der Waals surface area contributed by atoms with Crippen LogP contribution in [0.2, 0.25) is 0 Å². The van der Waals surface area contributed by atoms with Crippen molar-refractivity contribution in [1.29, 1.82) is 0 Å². The monoisotopic (exact) mass is 168 g/mol. The van der Waals surface area contributed by atoms with Crippen LogP contribution in [0.4, 0.5) is 0 Å². The summed E-state index contributed by atoms with van der Waals surface area (Å²) in [7, 11) is 0. The van der Waals surface area contributed by atoms with Crippen LogP contribution in [0, 0.1) is 6.07 Å². The zero-order chi connectivity index (χ0) is 8.67. The maximum absolute atomic E-state index is 4.58. The number of hydrogen-bond donors (Lipinski definition) is 0. The number of aromatic nitrogens is 1. The molecule has 1 aliphatic carbocycles. The first-order valence-corrected chi connectivity index (χ1v) is 4.71. The Morgan fingerprint density at radius 3 is 2.92 bits per heavy atom. The van der Waals surface area contributed by atoms with Crippen molar-refractivity contribution < 1.29 is 0 Å². The van der Waals surface area contributed by atoms with E-state index in [1.807, 2.05) is 12.1 Å². The van der Waals surface area contributed by atoms with Crippen LogP contribution < -0.4 is 0 Å². The molecule has 1 heteroatoms. The largest absolute Gasteiger partial charge is 0.252 e. The minimum Gasteiger partial charge on any atom is -0.252 e. The van der Waals surface area contributed by atoms with Gasteiger partial charge in [0.25, 0.3) is 0 Å². The average molecular weight is 168 g/mol. The van der Waals surface area contributed by atoms with Gasteiger partial charge in [0.05, 0.1) is 11.2 Å². The molecular formula is C12H10N. The third-order valence-electron chi connectivity index (χ3n) is 2.52. The van der Waals surface area contributed by atoms with Crippen molar-refractivity contribution in [3.8, 4) is 0 Å². The number of hydrogen-bond acceptors (Lipinski definition) is 1. The predicted molar refractivity (Wildman–Crippen MR) is 52.6 cm³/mol. The molecule has 1 nitrogen and oxygen atoms in total. The van der Waals surface area contributed by atoms with E-state index in [0.29, 0.717) is 5.92 Å². The Morgan fingerprint density at radius 1 is 1.23 bits per heavy atom. The molecule has 0 atom stereocenters. The van der Waals surface area contributed by atoms with Gasteiger partial charge in [-0.05, 0) is 25.0 Å². The summed E-state index contributed by atoms with van der Waals surface area (Å²) >= 11 is 0. The van der Waals surface area contributed by atoms with Crippen molar-refractivity contribution in [3.63, 3.8) is 0 Å². The molecule has 1 aliphatic rings. The number of benzene rings is 1. The Morgan fingerprint density at radius 2 is 2.08 bits per heavy atom. The molecule has 3 rings (SSSR count). The van der Waals surface area contributed by atoms with Crippen molar-refractivity contribution in [2.24, 2.45) is 0 Å². The van der Waals surface area contributed by atoms with Gasteiger partial charge in [0.2, 0.25) is 0 Å². The van der Waals surface area contributed by atoms with Crippen molar-refractivity contribution in [3.05, 3.63) is 42.1 Å². The highest BCUT2D eigenvalue weighted by Crippen LogP contribution is 2.39. The fourth-order valence-corrected chi connectivity index (χ4v) is 1.59. The fraction of sp³-hybridized carbons (Fsp3) is 0.250. The second kappa shape index (κ2) is 2.56. The number of pyridine rings is 1. The van der Waals surface area contributed by atoms with Crippen LogP contribution in [-0.4, -0.2) is 4.98 Å². The molecule has 1 aromatic carbocycles. The second-order valence-electron chi connectivity index (χ2n) is 3.62. The minimum absolute atomic E-state index is 0.699. The quantitative estimate of drug-likeness (QED) is 0.638. The van der Waals surface area contributed by atoms with Crippen LogP contribution >= 0.6 is 0 Å². The number of nitrogens with zero attached hydrogens (tertiary/aromatic N) is 1. The summed E-state index contributed by atoms with van der Waals surface area (Å²) < 4.78 is 0. The van der Waals surface area contributed by atoms with Gasteiger partial charge in [-0.2, -0.15) is 0 Å². The molecule has 2 aromatic rings. The maximum atomic E-state index is 4.58. The topological polar surface area (TPSA) is 12.9 Å². The Balaban J connectivity index is 2.21. The lowest BCUT2D eigenvalue weighted by Crippen LogP contribution is -1.86. The Labute approximate surface area is 77.4 Å². The smallest absolute Gasteiger partial charge is 0.0705 e. The standard InChI is InChI=1S/C12H10N/c1-2-4-11-9(3-1)7-8-12(13-11)10-5-6-10/h1-4,7,10H,5-6H2. The molecule has 0 amide bonds. The summed E-state index contributed by atoms with van der Waals surface area (Å²) in [6.07, 6.45) is 2.59. The van der Waals surface area contributed by atoms with Crippen molar-refractivity contribution in [1.82, 2.24) is 4.98 Å². The van der Waals surface area contributed by atoms with Gasteiger partial charge in [-0.1, -0.05) is 18.2 Å². The van der Waals surface area contributed by atoms with Crippen LogP contribution in [0.5, 0.6) is 0 Å². The molecule has 13 heavy (non-hydrogen) atoms. The minimum atomic E-state index is 0.699. The van der Waals surface area contributed by atoms with E-state index in [-0.39, 0.29) is 0 Å². The van der Waals surface area contributed by atoms with Gasteiger partial charge in [0.15, 0.2) is 0 Å². The van der Waals surface area contributed by atoms with Crippen molar-refractivity contribution in [2.75, 3.05) is 0 Å². The molecule has 1 aromatic heterocycles. The molecule has 1 saturated carbocycles. The van der Waals surface area contributed by atoms with Crippen LogP contribution in [0.15, 0.2) is 30.3 Å². The molecule has 0 N–H and O–H groups in total. The highest BCUT2D eigenvalue weighted by Gasteiger charge is 2.24. The maximum Gasteiger partial charge on any atom is 0.0705 e. The first kappa shape index (κ1) is 7.07. The van der Waals surface area contributed by atoms with E-state index in [2.05, 4.69) is 29.2 Å². The zero-order valence-electron chi connectivity index (χ0n) is 7.33. The third kappa shape index (κ3) is 1.21.